The Morgan fingerprint density at radius 2 is 1.98 bits per heavy atom. The van der Waals surface area contributed by atoms with Gasteiger partial charge in [-0.15, -0.1) is 0 Å². The summed E-state index contributed by atoms with van der Waals surface area (Å²) < 4.78 is 0. The second-order valence-electron chi connectivity index (χ2n) is 10.2. The fourth-order valence-corrected chi connectivity index (χ4v) is 3.99. The number of aliphatic hydroxyl groups excluding tert-OH is 1. The molecule has 6 heteroatoms. The molecule has 41 heavy (non-hydrogen) atoms. The van der Waals surface area contributed by atoms with Gasteiger partial charge in [0, 0.05) is 36.8 Å². The largest absolute Gasteiger partial charge is 0.481 e. The van der Waals surface area contributed by atoms with E-state index in [2.05, 4.69) is 60.0 Å². The van der Waals surface area contributed by atoms with Crippen molar-refractivity contribution in [3.05, 3.63) is 97.0 Å². The minimum absolute atomic E-state index is 0.0318. The number of carbonyl (C=O) groups is 1. The van der Waals surface area contributed by atoms with Gasteiger partial charge in [0.15, 0.2) is 0 Å². The number of nitrogens with one attached hydrogen (secondary N) is 1. The van der Waals surface area contributed by atoms with Crippen molar-refractivity contribution in [2.24, 2.45) is 21.8 Å². The van der Waals surface area contributed by atoms with Crippen molar-refractivity contribution < 1.29 is 15.0 Å². The third-order valence-electron chi connectivity index (χ3n) is 6.75. The van der Waals surface area contributed by atoms with Crippen molar-refractivity contribution in [3.63, 3.8) is 0 Å². The number of unbranched alkanes of at least 4 members (excludes halogenated alkanes) is 2. The number of aliphatic carboxylic acids is 1. The van der Waals surface area contributed by atoms with Crippen molar-refractivity contribution in [1.82, 2.24) is 5.32 Å². The zero-order chi connectivity index (χ0) is 30.1. The lowest BCUT2D eigenvalue weighted by Gasteiger charge is -2.24. The van der Waals surface area contributed by atoms with Gasteiger partial charge in [0.25, 0.3) is 0 Å². The van der Waals surface area contributed by atoms with Crippen molar-refractivity contribution in [2.45, 2.75) is 90.8 Å². The summed E-state index contributed by atoms with van der Waals surface area (Å²) >= 11 is 0. The van der Waals surface area contributed by atoms with Crippen LogP contribution in [0.25, 0.3) is 0 Å². The van der Waals surface area contributed by atoms with Gasteiger partial charge < -0.3 is 10.2 Å². The normalized spacial score (nSPS) is 17.6. The quantitative estimate of drug-likeness (QED) is 0.0572. The van der Waals surface area contributed by atoms with Gasteiger partial charge >= 0.3 is 5.97 Å². The average molecular weight is 562 g/mol. The zero-order valence-corrected chi connectivity index (χ0v) is 25.2. The molecule has 0 fully saturated rings. The number of allylic oxidation sites excluding steroid dienone is 11. The van der Waals surface area contributed by atoms with Crippen LogP contribution in [0.5, 0.6) is 0 Å². The summed E-state index contributed by atoms with van der Waals surface area (Å²) in [5.74, 6) is -1.32. The maximum Gasteiger partial charge on any atom is 0.306 e. The van der Waals surface area contributed by atoms with Gasteiger partial charge in [0.1, 0.15) is 6.23 Å². The Hall–Kier alpha value is -3.35. The highest BCUT2D eigenvalue weighted by Crippen LogP contribution is 2.14. The van der Waals surface area contributed by atoms with E-state index in [1.807, 2.05) is 48.7 Å². The molecule has 1 aliphatic rings. The van der Waals surface area contributed by atoms with Gasteiger partial charge in [-0.05, 0) is 56.1 Å². The number of nitrogens with zero attached hydrogens (tertiary/aromatic N) is 2. The highest BCUT2D eigenvalue weighted by Gasteiger charge is 2.18. The molecule has 0 amide bonds. The van der Waals surface area contributed by atoms with E-state index in [0.29, 0.717) is 19.3 Å². The van der Waals surface area contributed by atoms with Crippen molar-refractivity contribution in [3.8, 4) is 0 Å². The number of carboxylic acid groups (broad SMARTS) is 1. The number of aliphatic hydroxyl groups is 1. The highest BCUT2D eigenvalue weighted by atomic mass is 16.4. The van der Waals surface area contributed by atoms with Crippen LogP contribution in [0.2, 0.25) is 0 Å². The van der Waals surface area contributed by atoms with E-state index in [0.717, 1.165) is 44.1 Å². The van der Waals surface area contributed by atoms with Gasteiger partial charge in [-0.1, -0.05) is 107 Å². The molecule has 6 nitrogen and oxygen atoms in total. The Morgan fingerprint density at radius 3 is 2.71 bits per heavy atom. The Morgan fingerprint density at radius 1 is 1.15 bits per heavy atom. The lowest BCUT2D eigenvalue weighted by atomic mass is 10.0. The third-order valence-corrected chi connectivity index (χ3v) is 6.75. The van der Waals surface area contributed by atoms with E-state index in [1.165, 1.54) is 5.57 Å². The van der Waals surface area contributed by atoms with E-state index in [9.17, 15) is 9.90 Å². The minimum atomic E-state index is -0.773. The van der Waals surface area contributed by atoms with Gasteiger partial charge in [0.05, 0.1) is 5.92 Å². The standard InChI is InChI=1S/C35H51N3O3/c1-5-8-22-33(23-15-20-30(6-2)7-3)38-34(39)32(24-27-36-25-14-13-17-29(4)35(40)41)21-16-26-37-28-31-18-11-9-10-12-19-31/h6,9-11,15-16,18-20,23-29,32-34,38-39H,2,5,7-8,12-14,17,21-22H2,1,3-4H3,(H,40,41)/b23-15+,26-16+,27-24+,30-20+,36-25+,37-28+. The molecule has 0 saturated carbocycles. The number of hydrogen-bond donors (Lipinski definition) is 3. The number of rotatable bonds is 21. The van der Waals surface area contributed by atoms with Crippen molar-refractivity contribution in [1.29, 1.82) is 0 Å². The summed E-state index contributed by atoms with van der Waals surface area (Å²) in [7, 11) is 0. The van der Waals surface area contributed by atoms with Crippen LogP contribution >= 0.6 is 0 Å². The van der Waals surface area contributed by atoms with Crippen LogP contribution in [-0.4, -0.2) is 40.9 Å². The fraction of sp³-hybridized carbons (Fsp3) is 0.457. The Bertz CT molecular complexity index is 1030. The summed E-state index contributed by atoms with van der Waals surface area (Å²) in [6.07, 6.45) is 36.2. The molecule has 0 spiro atoms. The molecule has 4 unspecified atom stereocenters. The summed E-state index contributed by atoms with van der Waals surface area (Å²) in [6, 6.07) is 0.0318. The van der Waals surface area contributed by atoms with Gasteiger partial charge in [0.2, 0.25) is 0 Å². The maximum atomic E-state index is 11.2. The smallest absolute Gasteiger partial charge is 0.306 e. The van der Waals surface area contributed by atoms with Crippen molar-refractivity contribution >= 4 is 18.4 Å². The maximum absolute atomic E-state index is 11.2. The molecular formula is C35H51N3O3. The van der Waals surface area contributed by atoms with Crippen molar-refractivity contribution in [2.75, 3.05) is 0 Å². The molecule has 0 aromatic heterocycles. The summed E-state index contributed by atoms with van der Waals surface area (Å²) in [5.41, 5.74) is 2.23. The van der Waals surface area contributed by atoms with Crippen LogP contribution < -0.4 is 5.32 Å². The molecule has 0 heterocycles. The average Bonchev–Trinajstić information content (AvgIpc) is 3.24. The second kappa shape index (κ2) is 23.4. The van der Waals surface area contributed by atoms with Crippen LogP contribution in [0.3, 0.4) is 0 Å². The zero-order valence-electron chi connectivity index (χ0n) is 25.2. The van der Waals surface area contributed by atoms with E-state index < -0.39 is 12.2 Å². The van der Waals surface area contributed by atoms with Crippen LogP contribution in [0, 0.1) is 11.8 Å². The van der Waals surface area contributed by atoms with Gasteiger partial charge in [-0.3, -0.25) is 20.1 Å². The minimum Gasteiger partial charge on any atom is -0.481 e. The van der Waals surface area contributed by atoms with Gasteiger partial charge in [-0.2, -0.15) is 0 Å². The van der Waals surface area contributed by atoms with E-state index in [1.54, 1.807) is 25.5 Å². The van der Waals surface area contributed by atoms with Crippen LogP contribution in [0.1, 0.15) is 78.6 Å². The summed E-state index contributed by atoms with van der Waals surface area (Å²) in [4.78, 5) is 19.8. The van der Waals surface area contributed by atoms with E-state index >= 15 is 0 Å². The lowest BCUT2D eigenvalue weighted by molar-refractivity contribution is -0.141. The number of hydrogen-bond acceptors (Lipinski definition) is 5. The van der Waals surface area contributed by atoms with E-state index in [-0.39, 0.29) is 17.9 Å². The first-order valence-corrected chi connectivity index (χ1v) is 15.0. The number of aliphatic imine (C=N–C) groups is 2. The molecule has 0 aromatic carbocycles. The SMILES string of the molecule is C=C/C(=C\C=C\C(CCCC)NC(O)C(/C=C/N=C/CCCC(C)C(=O)O)C/C=C/N=C/C1=CCC=CC=C1)CC. The first-order valence-electron chi connectivity index (χ1n) is 15.0. The first kappa shape index (κ1) is 35.7. The fourth-order valence-electron chi connectivity index (χ4n) is 3.99. The Labute approximate surface area is 248 Å². The van der Waals surface area contributed by atoms with Crippen LogP contribution in [0.15, 0.2) is 107 Å². The molecular weight excluding hydrogens is 510 g/mol. The Balaban J connectivity index is 2.90. The molecule has 0 aromatic rings. The van der Waals surface area contributed by atoms with Crippen LogP contribution in [0.4, 0.5) is 0 Å². The molecule has 224 valence electrons. The predicted molar refractivity (Wildman–Crippen MR) is 175 cm³/mol. The monoisotopic (exact) mass is 561 g/mol. The number of carboxylic acids is 1. The third kappa shape index (κ3) is 17.9. The Kier molecular flexibility index (Phi) is 20.3. The predicted octanol–water partition coefficient (Wildman–Crippen LogP) is 8.04. The van der Waals surface area contributed by atoms with E-state index in [4.69, 9.17) is 5.11 Å². The molecule has 1 rings (SSSR count). The first-order chi connectivity index (χ1) is 19.9. The molecule has 1 aliphatic carbocycles. The lowest BCUT2D eigenvalue weighted by Crippen LogP contribution is -2.41. The van der Waals surface area contributed by atoms with Crippen LogP contribution in [-0.2, 0) is 4.79 Å². The molecule has 0 aliphatic heterocycles. The molecule has 0 radical (unpaired) electrons. The summed E-state index contributed by atoms with van der Waals surface area (Å²) in [6.45, 7) is 9.85. The summed E-state index contributed by atoms with van der Waals surface area (Å²) in [5, 5.41) is 23.6. The topological polar surface area (TPSA) is 94.3 Å². The molecule has 0 saturated heterocycles. The molecule has 4 atom stereocenters. The molecule has 0 bridgehead atoms. The highest BCUT2D eigenvalue weighted by molar-refractivity contribution is 5.83. The van der Waals surface area contributed by atoms with Gasteiger partial charge in [-0.25, -0.2) is 0 Å². The molecule has 3 N–H and O–H groups in total. The second-order valence-corrected chi connectivity index (χ2v) is 10.2.